The van der Waals surface area contributed by atoms with Gasteiger partial charge < -0.3 is 15.4 Å². The molecule has 5 heteroatoms. The van der Waals surface area contributed by atoms with Crippen molar-refractivity contribution in [1.29, 1.82) is 0 Å². The molecule has 1 saturated carbocycles. The first-order valence-corrected chi connectivity index (χ1v) is 9.34. The van der Waals surface area contributed by atoms with E-state index in [9.17, 15) is 9.59 Å². The van der Waals surface area contributed by atoms with Gasteiger partial charge in [-0.25, -0.2) is 0 Å². The summed E-state index contributed by atoms with van der Waals surface area (Å²) in [4.78, 5) is 25.2. The van der Waals surface area contributed by atoms with Crippen LogP contribution < -0.4 is 15.4 Å². The van der Waals surface area contributed by atoms with E-state index in [0.717, 1.165) is 17.5 Å². The largest absolute Gasteiger partial charge is 0.491 e. The molecular formula is C22H24N2O3. The molecule has 5 nitrogen and oxygen atoms in total. The van der Waals surface area contributed by atoms with Crippen LogP contribution in [0.15, 0.2) is 42.5 Å². The minimum absolute atomic E-state index is 0.139. The Morgan fingerprint density at radius 3 is 2.48 bits per heavy atom. The average Bonchev–Trinajstić information content (AvgIpc) is 3.27. The van der Waals surface area contributed by atoms with Crippen molar-refractivity contribution in [1.82, 2.24) is 10.6 Å². The Balaban J connectivity index is 1.81. The van der Waals surface area contributed by atoms with Crippen molar-refractivity contribution in [3.8, 4) is 5.75 Å². The Bertz CT molecular complexity index is 909. The molecule has 4 rings (SSSR count). The Morgan fingerprint density at radius 2 is 1.85 bits per heavy atom. The first kappa shape index (κ1) is 17.6. The molecule has 2 aromatic rings. The number of nitrogens with one attached hydrogen (secondary N) is 2. The quantitative estimate of drug-likeness (QED) is 0.877. The van der Waals surface area contributed by atoms with Gasteiger partial charge in [-0.3, -0.25) is 9.59 Å². The smallest absolute Gasteiger partial charge is 0.254 e. The summed E-state index contributed by atoms with van der Waals surface area (Å²) in [7, 11) is 1.58. The van der Waals surface area contributed by atoms with E-state index in [1.54, 1.807) is 13.1 Å². The zero-order valence-electron chi connectivity index (χ0n) is 15.8. The third-order valence-electron chi connectivity index (χ3n) is 5.76. The summed E-state index contributed by atoms with van der Waals surface area (Å²) >= 11 is 0. The lowest BCUT2D eigenvalue weighted by molar-refractivity contribution is 0.0949. The maximum absolute atomic E-state index is 12.8. The number of rotatable bonds is 4. The van der Waals surface area contributed by atoms with Crippen molar-refractivity contribution in [2.24, 2.45) is 5.92 Å². The lowest BCUT2D eigenvalue weighted by Gasteiger charge is -2.24. The summed E-state index contributed by atoms with van der Waals surface area (Å²) in [5.74, 6) is 0.689. The Hall–Kier alpha value is -2.82. The molecule has 2 N–H and O–H groups in total. The minimum atomic E-state index is -0.414. The van der Waals surface area contributed by atoms with Crippen molar-refractivity contribution in [3.63, 3.8) is 0 Å². The molecule has 0 spiro atoms. The van der Waals surface area contributed by atoms with Gasteiger partial charge in [-0.05, 0) is 37.0 Å². The molecule has 0 saturated heterocycles. The molecule has 0 bridgehead atoms. The van der Waals surface area contributed by atoms with Crippen LogP contribution in [0.25, 0.3) is 0 Å². The van der Waals surface area contributed by atoms with Gasteiger partial charge in [0.15, 0.2) is 0 Å². The summed E-state index contributed by atoms with van der Waals surface area (Å²) in [6, 6.07) is 13.8. The third-order valence-corrected chi connectivity index (χ3v) is 5.76. The molecule has 0 unspecified atom stereocenters. The second-order valence-corrected chi connectivity index (χ2v) is 7.76. The van der Waals surface area contributed by atoms with Gasteiger partial charge in [0.2, 0.25) is 0 Å². The van der Waals surface area contributed by atoms with Crippen LogP contribution in [-0.2, 0) is 5.41 Å². The number of ether oxygens (including phenoxy) is 1. The fourth-order valence-electron chi connectivity index (χ4n) is 3.74. The average molecular weight is 364 g/mol. The first-order chi connectivity index (χ1) is 12.9. The van der Waals surface area contributed by atoms with Crippen molar-refractivity contribution >= 4 is 11.8 Å². The normalized spacial score (nSPS) is 25.3. The molecule has 27 heavy (non-hydrogen) atoms. The highest BCUT2D eigenvalue weighted by molar-refractivity contribution is 6.02. The first-order valence-electron chi connectivity index (χ1n) is 9.34. The van der Waals surface area contributed by atoms with Gasteiger partial charge in [0.05, 0.1) is 11.0 Å². The van der Waals surface area contributed by atoms with Crippen molar-refractivity contribution in [2.75, 3.05) is 13.7 Å². The van der Waals surface area contributed by atoms with Gasteiger partial charge in [0, 0.05) is 24.2 Å². The number of amides is 2. The lowest BCUT2D eigenvalue weighted by atomic mass is 9.77. The molecule has 140 valence electrons. The molecular weight excluding hydrogens is 340 g/mol. The van der Waals surface area contributed by atoms with Crippen LogP contribution in [-0.4, -0.2) is 31.5 Å². The van der Waals surface area contributed by atoms with Crippen molar-refractivity contribution < 1.29 is 14.3 Å². The fraction of sp³-hybridized carbons (Fsp3) is 0.364. The van der Waals surface area contributed by atoms with Crippen molar-refractivity contribution in [2.45, 2.75) is 31.7 Å². The molecule has 2 aromatic carbocycles. The van der Waals surface area contributed by atoms with E-state index in [2.05, 4.69) is 36.6 Å². The molecule has 3 atom stereocenters. The monoisotopic (exact) mass is 364 g/mol. The third kappa shape index (κ3) is 2.97. The number of hydrogen-bond acceptors (Lipinski definition) is 3. The molecule has 1 heterocycles. The fourth-order valence-corrected chi connectivity index (χ4v) is 3.74. The van der Waals surface area contributed by atoms with E-state index in [-0.39, 0.29) is 17.9 Å². The van der Waals surface area contributed by atoms with E-state index in [1.165, 1.54) is 0 Å². The van der Waals surface area contributed by atoms with Crippen molar-refractivity contribution in [3.05, 3.63) is 64.7 Å². The van der Waals surface area contributed by atoms with Crippen LogP contribution in [0.2, 0.25) is 0 Å². The van der Waals surface area contributed by atoms with Crippen LogP contribution >= 0.6 is 0 Å². The predicted molar refractivity (Wildman–Crippen MR) is 103 cm³/mol. The van der Waals surface area contributed by atoms with E-state index in [0.29, 0.717) is 29.4 Å². The maximum Gasteiger partial charge on any atom is 0.254 e. The summed E-state index contributed by atoms with van der Waals surface area (Å²) in [5.41, 5.74) is 2.47. The van der Waals surface area contributed by atoms with Gasteiger partial charge in [-0.2, -0.15) is 0 Å². The predicted octanol–water partition coefficient (Wildman–Crippen LogP) is 2.88. The van der Waals surface area contributed by atoms with E-state index in [4.69, 9.17) is 4.74 Å². The number of benzene rings is 2. The summed E-state index contributed by atoms with van der Waals surface area (Å²) in [6.45, 7) is 4.64. The minimum Gasteiger partial charge on any atom is -0.491 e. The van der Waals surface area contributed by atoms with E-state index in [1.807, 2.05) is 24.3 Å². The Labute approximate surface area is 159 Å². The second-order valence-electron chi connectivity index (χ2n) is 7.76. The molecule has 1 aliphatic heterocycles. The number of carbonyl (C=O) groups is 2. The van der Waals surface area contributed by atoms with Gasteiger partial charge in [0.1, 0.15) is 12.4 Å². The maximum atomic E-state index is 12.8. The highest BCUT2D eigenvalue weighted by Gasteiger charge is 2.41. The van der Waals surface area contributed by atoms with Gasteiger partial charge >= 0.3 is 0 Å². The Morgan fingerprint density at radius 1 is 1.15 bits per heavy atom. The van der Waals surface area contributed by atoms with Gasteiger partial charge in [-0.1, -0.05) is 37.3 Å². The van der Waals surface area contributed by atoms with Crippen LogP contribution in [0.5, 0.6) is 5.75 Å². The van der Waals surface area contributed by atoms with Gasteiger partial charge in [0.25, 0.3) is 11.8 Å². The standard InChI is InChI=1S/C22H24N2O3/c1-13-9-18(13)24-20(25)14-10-16(21(26)23-3)19-17(11-14)22(2,12-27-19)15-7-5-4-6-8-15/h4-8,10-11,13,18H,9,12H2,1-3H3,(H,23,26)(H,24,25)/t13-,18-,22-/m0/s1. The molecule has 2 amide bonds. The highest BCUT2D eigenvalue weighted by atomic mass is 16.5. The summed E-state index contributed by atoms with van der Waals surface area (Å²) < 4.78 is 5.98. The van der Waals surface area contributed by atoms with E-state index < -0.39 is 5.41 Å². The zero-order valence-corrected chi connectivity index (χ0v) is 15.8. The lowest BCUT2D eigenvalue weighted by Crippen LogP contribution is -2.29. The topological polar surface area (TPSA) is 67.4 Å². The Kier molecular flexibility index (Phi) is 4.17. The van der Waals surface area contributed by atoms with Crippen LogP contribution in [0.4, 0.5) is 0 Å². The number of carbonyl (C=O) groups excluding carboxylic acids is 2. The molecule has 1 fully saturated rings. The van der Waals surface area contributed by atoms with Crippen LogP contribution in [0, 0.1) is 5.92 Å². The number of hydrogen-bond donors (Lipinski definition) is 2. The zero-order chi connectivity index (χ0) is 19.2. The van der Waals surface area contributed by atoms with Crippen LogP contribution in [0.3, 0.4) is 0 Å². The van der Waals surface area contributed by atoms with Crippen LogP contribution in [0.1, 0.15) is 52.1 Å². The SMILES string of the molecule is CNC(=O)c1cc(C(=O)N[C@H]2C[C@@H]2C)cc2c1OC[C@@]2(C)c1ccccc1. The molecule has 0 aromatic heterocycles. The van der Waals surface area contributed by atoms with Gasteiger partial charge in [-0.15, -0.1) is 0 Å². The summed E-state index contributed by atoms with van der Waals surface area (Å²) in [6.07, 6.45) is 1.00. The van der Waals surface area contributed by atoms with E-state index >= 15 is 0 Å². The molecule has 0 radical (unpaired) electrons. The second kappa shape index (κ2) is 6.41. The summed E-state index contributed by atoms with van der Waals surface area (Å²) in [5, 5.41) is 5.70. The molecule has 2 aliphatic rings. The highest BCUT2D eigenvalue weighted by Crippen LogP contribution is 2.45. The number of fused-ring (bicyclic) bond motifs is 1. The molecule has 1 aliphatic carbocycles.